The van der Waals surface area contributed by atoms with Gasteiger partial charge >= 0.3 is 0 Å². The Kier molecular flexibility index (Phi) is 3.99. The normalized spacial score (nSPS) is 10.0. The van der Waals surface area contributed by atoms with Gasteiger partial charge in [-0.15, -0.1) is 0 Å². The fraction of sp³-hybridized carbons (Fsp3) is 0.333. The van der Waals surface area contributed by atoms with Gasteiger partial charge in [-0.1, -0.05) is 0 Å². The van der Waals surface area contributed by atoms with Gasteiger partial charge in [-0.05, 0) is 12.5 Å². The summed E-state index contributed by atoms with van der Waals surface area (Å²) in [6.45, 7) is 0.344. The van der Waals surface area contributed by atoms with E-state index in [-0.39, 0.29) is 18.0 Å². The molecule has 2 N–H and O–H groups in total. The van der Waals surface area contributed by atoms with Crippen molar-refractivity contribution in [1.29, 1.82) is 0 Å². The summed E-state index contributed by atoms with van der Waals surface area (Å²) in [5.41, 5.74) is -0.0391. The number of benzene rings is 1. The highest BCUT2D eigenvalue weighted by atomic mass is 19.1. The summed E-state index contributed by atoms with van der Waals surface area (Å²) in [6, 6.07) is 3.21. The largest absolute Gasteiger partial charge is 0.396 e. The zero-order chi connectivity index (χ0) is 11.3. The number of nitro benzene ring substituents is 1. The van der Waals surface area contributed by atoms with Gasteiger partial charge in [-0.2, -0.15) is 0 Å². The SMILES string of the molecule is O=[N+]([O-])c1ccc(F)cc1NCCCO. The van der Waals surface area contributed by atoms with Crippen molar-refractivity contribution in [2.75, 3.05) is 18.5 Å². The van der Waals surface area contributed by atoms with Crippen LogP contribution in [0.15, 0.2) is 18.2 Å². The number of nitro groups is 1. The summed E-state index contributed by atoms with van der Waals surface area (Å²) in [4.78, 5) is 9.98. The average Bonchev–Trinajstić information content (AvgIpc) is 2.18. The van der Waals surface area contributed by atoms with Crippen LogP contribution in [-0.2, 0) is 0 Å². The highest BCUT2D eigenvalue weighted by Crippen LogP contribution is 2.24. The van der Waals surface area contributed by atoms with Crippen molar-refractivity contribution in [2.24, 2.45) is 0 Å². The molecule has 0 aromatic heterocycles. The lowest BCUT2D eigenvalue weighted by molar-refractivity contribution is -0.384. The molecule has 15 heavy (non-hydrogen) atoms. The van der Waals surface area contributed by atoms with Crippen LogP contribution in [0.2, 0.25) is 0 Å². The van der Waals surface area contributed by atoms with E-state index >= 15 is 0 Å². The molecule has 1 aromatic rings. The Morgan fingerprint density at radius 2 is 2.27 bits per heavy atom. The molecule has 0 unspecified atom stereocenters. The van der Waals surface area contributed by atoms with E-state index in [1.54, 1.807) is 0 Å². The van der Waals surface area contributed by atoms with Crippen LogP contribution < -0.4 is 5.32 Å². The monoisotopic (exact) mass is 214 g/mol. The number of hydrogen-bond acceptors (Lipinski definition) is 4. The molecule has 0 aliphatic heterocycles. The van der Waals surface area contributed by atoms with E-state index < -0.39 is 10.7 Å². The molecular formula is C9H11FN2O3. The first-order chi connectivity index (χ1) is 7.15. The minimum atomic E-state index is -0.583. The van der Waals surface area contributed by atoms with Gasteiger partial charge in [-0.25, -0.2) is 4.39 Å². The maximum absolute atomic E-state index is 12.8. The Hall–Kier alpha value is -1.69. The van der Waals surface area contributed by atoms with Crippen LogP contribution in [0.3, 0.4) is 0 Å². The van der Waals surface area contributed by atoms with Gasteiger partial charge in [0.05, 0.1) is 4.92 Å². The van der Waals surface area contributed by atoms with E-state index in [4.69, 9.17) is 5.11 Å². The molecule has 6 heteroatoms. The van der Waals surface area contributed by atoms with Gasteiger partial charge in [0, 0.05) is 25.3 Å². The van der Waals surface area contributed by atoms with Crippen molar-refractivity contribution < 1.29 is 14.4 Å². The maximum atomic E-state index is 12.8. The number of anilines is 1. The highest BCUT2D eigenvalue weighted by molar-refractivity contribution is 5.61. The fourth-order valence-electron chi connectivity index (χ4n) is 1.11. The molecule has 0 spiro atoms. The van der Waals surface area contributed by atoms with Crippen LogP contribution in [0, 0.1) is 15.9 Å². The van der Waals surface area contributed by atoms with Gasteiger partial charge in [-0.3, -0.25) is 10.1 Å². The van der Waals surface area contributed by atoms with Crippen molar-refractivity contribution in [2.45, 2.75) is 6.42 Å². The lowest BCUT2D eigenvalue weighted by Gasteiger charge is -2.05. The summed E-state index contributed by atoms with van der Waals surface area (Å²) in [5.74, 6) is -0.535. The third kappa shape index (κ3) is 3.17. The van der Waals surface area contributed by atoms with Crippen molar-refractivity contribution in [3.05, 3.63) is 34.1 Å². The Bertz CT molecular complexity index is 357. The summed E-state index contributed by atoms with van der Waals surface area (Å²) in [6.07, 6.45) is 0.452. The number of nitrogens with zero attached hydrogens (tertiary/aromatic N) is 1. The van der Waals surface area contributed by atoms with Gasteiger partial charge in [0.15, 0.2) is 0 Å². The maximum Gasteiger partial charge on any atom is 0.292 e. The van der Waals surface area contributed by atoms with Gasteiger partial charge in [0.1, 0.15) is 11.5 Å². The molecule has 5 nitrogen and oxygen atoms in total. The fourth-order valence-corrected chi connectivity index (χ4v) is 1.11. The first kappa shape index (κ1) is 11.4. The van der Waals surface area contributed by atoms with Crippen LogP contribution >= 0.6 is 0 Å². The number of rotatable bonds is 5. The molecule has 0 aliphatic rings. The molecule has 0 amide bonds. The zero-order valence-corrected chi connectivity index (χ0v) is 7.94. The molecule has 0 atom stereocenters. The molecule has 0 radical (unpaired) electrons. The molecular weight excluding hydrogens is 203 g/mol. The van der Waals surface area contributed by atoms with Crippen LogP contribution in [0.4, 0.5) is 15.8 Å². The molecule has 0 fully saturated rings. The van der Waals surface area contributed by atoms with E-state index in [0.717, 1.165) is 18.2 Å². The Labute approximate surface area is 85.7 Å². The lowest BCUT2D eigenvalue weighted by Crippen LogP contribution is -2.06. The second-order valence-corrected chi connectivity index (χ2v) is 2.92. The van der Waals surface area contributed by atoms with Gasteiger partial charge in [0.25, 0.3) is 5.69 Å². The van der Waals surface area contributed by atoms with Crippen LogP contribution in [0.1, 0.15) is 6.42 Å². The van der Waals surface area contributed by atoms with E-state index in [1.807, 2.05) is 0 Å². The first-order valence-corrected chi connectivity index (χ1v) is 4.44. The van der Waals surface area contributed by atoms with E-state index in [1.165, 1.54) is 0 Å². The summed E-state index contributed by atoms with van der Waals surface area (Å²) in [7, 11) is 0. The van der Waals surface area contributed by atoms with Crippen molar-refractivity contribution in [1.82, 2.24) is 0 Å². The van der Waals surface area contributed by atoms with E-state index in [9.17, 15) is 14.5 Å². The second kappa shape index (κ2) is 5.26. The first-order valence-electron chi connectivity index (χ1n) is 4.44. The third-order valence-electron chi connectivity index (χ3n) is 1.81. The van der Waals surface area contributed by atoms with Crippen molar-refractivity contribution in [3.63, 3.8) is 0 Å². The molecule has 0 aliphatic carbocycles. The minimum Gasteiger partial charge on any atom is -0.396 e. The number of hydrogen-bond donors (Lipinski definition) is 2. The van der Waals surface area contributed by atoms with Crippen LogP contribution in [0.25, 0.3) is 0 Å². The quantitative estimate of drug-likeness (QED) is 0.442. The number of nitrogens with one attached hydrogen (secondary N) is 1. The highest BCUT2D eigenvalue weighted by Gasteiger charge is 2.13. The van der Waals surface area contributed by atoms with Crippen molar-refractivity contribution in [3.8, 4) is 0 Å². The number of aliphatic hydroxyl groups is 1. The Morgan fingerprint density at radius 1 is 1.53 bits per heavy atom. The number of aliphatic hydroxyl groups excluding tert-OH is 1. The molecule has 0 bridgehead atoms. The summed E-state index contributed by atoms with van der Waals surface area (Å²) >= 11 is 0. The van der Waals surface area contributed by atoms with Gasteiger partial charge < -0.3 is 10.4 Å². The predicted molar refractivity (Wildman–Crippen MR) is 53.2 cm³/mol. The lowest BCUT2D eigenvalue weighted by atomic mass is 10.2. The molecule has 1 rings (SSSR count). The molecule has 82 valence electrons. The van der Waals surface area contributed by atoms with Crippen molar-refractivity contribution >= 4 is 11.4 Å². The second-order valence-electron chi connectivity index (χ2n) is 2.92. The van der Waals surface area contributed by atoms with Crippen LogP contribution in [0.5, 0.6) is 0 Å². The third-order valence-corrected chi connectivity index (χ3v) is 1.81. The van der Waals surface area contributed by atoms with E-state index in [2.05, 4.69) is 5.32 Å². The van der Waals surface area contributed by atoms with Crippen LogP contribution in [-0.4, -0.2) is 23.2 Å². The molecule has 0 saturated carbocycles. The molecule has 0 heterocycles. The smallest absolute Gasteiger partial charge is 0.292 e. The zero-order valence-electron chi connectivity index (χ0n) is 7.94. The van der Waals surface area contributed by atoms with Gasteiger partial charge in [0.2, 0.25) is 0 Å². The Balaban J connectivity index is 2.82. The standard InChI is InChI=1S/C9H11FN2O3/c10-7-2-3-9(12(14)15)8(6-7)11-4-1-5-13/h2-3,6,11,13H,1,4-5H2. The summed E-state index contributed by atoms with van der Waals surface area (Å²) < 4.78 is 12.8. The molecule has 1 aromatic carbocycles. The average molecular weight is 214 g/mol. The summed E-state index contributed by atoms with van der Waals surface area (Å²) in [5, 5.41) is 21.8. The predicted octanol–water partition coefficient (Wildman–Crippen LogP) is 1.53. The topological polar surface area (TPSA) is 75.4 Å². The minimum absolute atomic E-state index is 0.0177. The number of halogens is 1. The molecule has 0 saturated heterocycles. The Morgan fingerprint density at radius 3 is 2.87 bits per heavy atom. The van der Waals surface area contributed by atoms with E-state index in [0.29, 0.717) is 13.0 Å².